The van der Waals surface area contributed by atoms with Crippen LogP contribution in [0, 0.1) is 11.6 Å². The van der Waals surface area contributed by atoms with Crippen LogP contribution < -0.4 is 4.74 Å². The molecule has 2 bridgehead atoms. The first-order valence-corrected chi connectivity index (χ1v) is 9.95. The number of ether oxygens (including phenoxy) is 2. The minimum absolute atomic E-state index is 0.0284. The number of halogens is 5. The number of methoxy groups -OCH3 is 1. The summed E-state index contributed by atoms with van der Waals surface area (Å²) in [4.78, 5) is 21.5. The van der Waals surface area contributed by atoms with E-state index in [1.807, 2.05) is 0 Å². The number of rotatable bonds is 3. The van der Waals surface area contributed by atoms with Gasteiger partial charge in [-0.1, -0.05) is 0 Å². The molecule has 0 aromatic carbocycles. The third kappa shape index (κ3) is 3.45. The lowest BCUT2D eigenvalue weighted by atomic mass is 10.0. The van der Waals surface area contributed by atoms with Gasteiger partial charge in [0.1, 0.15) is 11.7 Å². The molecule has 0 N–H and O–H groups in total. The second kappa shape index (κ2) is 7.97. The lowest BCUT2D eigenvalue weighted by Crippen LogP contribution is -2.56. The fourth-order valence-electron chi connectivity index (χ4n) is 4.16. The average Bonchev–Trinajstić information content (AvgIpc) is 3.21. The molecule has 2 aliphatic rings. The van der Waals surface area contributed by atoms with Gasteiger partial charge in [-0.15, -0.1) is 10.2 Å². The molecule has 178 valence electrons. The fourth-order valence-corrected chi connectivity index (χ4v) is 4.16. The molecule has 1 saturated heterocycles. The van der Waals surface area contributed by atoms with Crippen molar-refractivity contribution < 1.29 is 36.2 Å². The average molecular weight is 482 g/mol. The maximum Gasteiger partial charge on any atom is 0.436 e. The Labute approximate surface area is 188 Å². The maximum absolute atomic E-state index is 14.6. The molecule has 2 aliphatic heterocycles. The minimum atomic E-state index is -5.06. The van der Waals surface area contributed by atoms with Gasteiger partial charge in [0.05, 0.1) is 38.1 Å². The number of morpholine rings is 1. The monoisotopic (exact) mass is 482 g/mol. The Kier molecular flexibility index (Phi) is 5.19. The third-order valence-corrected chi connectivity index (χ3v) is 5.68. The summed E-state index contributed by atoms with van der Waals surface area (Å²) in [5.41, 5.74) is -2.25. The molecule has 3 aromatic heterocycles. The highest BCUT2D eigenvalue weighted by Crippen LogP contribution is 2.37. The van der Waals surface area contributed by atoms with Crippen LogP contribution in [0.4, 0.5) is 22.0 Å². The van der Waals surface area contributed by atoms with E-state index in [0.29, 0.717) is 0 Å². The normalized spacial score (nSPS) is 19.6. The predicted molar refractivity (Wildman–Crippen MR) is 102 cm³/mol. The molecule has 0 radical (unpaired) electrons. The summed E-state index contributed by atoms with van der Waals surface area (Å²) in [5.74, 6) is -2.84. The second-order valence-electron chi connectivity index (χ2n) is 7.63. The second-order valence-corrected chi connectivity index (χ2v) is 7.63. The van der Waals surface area contributed by atoms with E-state index in [1.165, 1.54) is 18.1 Å². The quantitative estimate of drug-likeness (QED) is 0.530. The van der Waals surface area contributed by atoms with Gasteiger partial charge in [-0.05, 0) is 6.07 Å². The van der Waals surface area contributed by atoms with Crippen molar-refractivity contribution in [3.8, 4) is 17.3 Å². The van der Waals surface area contributed by atoms with Crippen LogP contribution in [0.1, 0.15) is 27.9 Å². The summed E-state index contributed by atoms with van der Waals surface area (Å²) < 4.78 is 79.9. The standard InChI is InChI=1S/C20H15F5N6O3/c1-33-14-4-12(27-5-11(14)21)17-28-29-18-13-8-34-7-9(6-30(17)18)31(13)19(32)10-2-3-26-16(15(10)22)20(23,24)25/h2-5,9,13H,6-8H2,1H3. The number of pyridine rings is 2. The van der Waals surface area contributed by atoms with E-state index in [2.05, 4.69) is 20.2 Å². The van der Waals surface area contributed by atoms with E-state index in [9.17, 15) is 26.7 Å². The van der Waals surface area contributed by atoms with Gasteiger partial charge < -0.3 is 18.9 Å². The number of hydrogen-bond donors (Lipinski definition) is 0. The fraction of sp³-hybridized carbons (Fsp3) is 0.350. The molecular formula is C20H15F5N6O3. The van der Waals surface area contributed by atoms with Gasteiger partial charge in [0.2, 0.25) is 0 Å². The number of hydrogen-bond acceptors (Lipinski definition) is 7. The van der Waals surface area contributed by atoms with Crippen LogP contribution in [0.15, 0.2) is 24.5 Å². The molecule has 5 heterocycles. The summed E-state index contributed by atoms with van der Waals surface area (Å²) in [6.45, 7) is 0.123. The van der Waals surface area contributed by atoms with Crippen molar-refractivity contribution >= 4 is 5.91 Å². The Morgan fingerprint density at radius 3 is 2.74 bits per heavy atom. The maximum atomic E-state index is 14.6. The first kappa shape index (κ1) is 22.1. The molecular weight excluding hydrogens is 467 g/mol. The van der Waals surface area contributed by atoms with Crippen molar-refractivity contribution in [1.82, 2.24) is 29.6 Å². The van der Waals surface area contributed by atoms with E-state index in [1.54, 1.807) is 4.57 Å². The third-order valence-electron chi connectivity index (χ3n) is 5.68. The zero-order valence-corrected chi connectivity index (χ0v) is 17.4. The van der Waals surface area contributed by atoms with Crippen molar-refractivity contribution in [2.75, 3.05) is 20.3 Å². The molecule has 1 amide bonds. The zero-order chi connectivity index (χ0) is 24.2. The summed E-state index contributed by atoms with van der Waals surface area (Å²) in [6.07, 6.45) is -3.34. The van der Waals surface area contributed by atoms with E-state index in [-0.39, 0.29) is 42.9 Å². The molecule has 0 spiro atoms. The summed E-state index contributed by atoms with van der Waals surface area (Å²) >= 11 is 0. The van der Waals surface area contributed by atoms with Gasteiger partial charge in [0.15, 0.2) is 34.7 Å². The van der Waals surface area contributed by atoms with Gasteiger partial charge in [-0.3, -0.25) is 4.79 Å². The number of aromatic nitrogens is 5. The highest BCUT2D eigenvalue weighted by molar-refractivity contribution is 5.95. The van der Waals surface area contributed by atoms with Crippen LogP contribution in [0.3, 0.4) is 0 Å². The minimum Gasteiger partial charge on any atom is -0.494 e. The molecule has 2 unspecified atom stereocenters. The SMILES string of the molecule is COc1cc(-c2nnc3n2CC2COCC3N2C(=O)c2ccnc(C(F)(F)F)c2F)ncc1F. The van der Waals surface area contributed by atoms with Gasteiger partial charge >= 0.3 is 6.18 Å². The summed E-state index contributed by atoms with van der Waals surface area (Å²) in [6, 6.07) is 0.757. The first-order chi connectivity index (χ1) is 16.2. The van der Waals surface area contributed by atoms with Gasteiger partial charge in [0, 0.05) is 18.8 Å². The molecule has 0 aliphatic carbocycles. The lowest BCUT2D eigenvalue weighted by Gasteiger charge is -2.45. The van der Waals surface area contributed by atoms with Crippen molar-refractivity contribution in [2.45, 2.75) is 24.8 Å². The van der Waals surface area contributed by atoms with Crippen LogP contribution in [0.2, 0.25) is 0 Å². The van der Waals surface area contributed by atoms with Gasteiger partial charge in [0.25, 0.3) is 5.91 Å². The Morgan fingerprint density at radius 2 is 2.00 bits per heavy atom. The highest BCUT2D eigenvalue weighted by Gasteiger charge is 2.46. The number of alkyl halides is 3. The summed E-state index contributed by atoms with van der Waals surface area (Å²) in [7, 11) is 1.30. The molecule has 14 heteroatoms. The largest absolute Gasteiger partial charge is 0.494 e. The molecule has 0 saturated carbocycles. The molecule has 5 rings (SSSR count). The van der Waals surface area contributed by atoms with Gasteiger partial charge in [-0.2, -0.15) is 13.2 Å². The molecule has 3 aromatic rings. The van der Waals surface area contributed by atoms with Crippen molar-refractivity contribution in [3.63, 3.8) is 0 Å². The Balaban J connectivity index is 1.54. The molecule has 1 fully saturated rings. The Hall–Kier alpha value is -3.68. The van der Waals surface area contributed by atoms with Crippen LogP contribution in [-0.2, 0) is 17.5 Å². The zero-order valence-electron chi connectivity index (χ0n) is 17.4. The number of amides is 1. The van der Waals surface area contributed by atoms with E-state index in [0.717, 1.165) is 18.5 Å². The van der Waals surface area contributed by atoms with Crippen LogP contribution >= 0.6 is 0 Å². The number of nitrogens with zero attached hydrogens (tertiary/aromatic N) is 6. The Morgan fingerprint density at radius 1 is 1.21 bits per heavy atom. The molecule has 34 heavy (non-hydrogen) atoms. The van der Waals surface area contributed by atoms with E-state index >= 15 is 0 Å². The molecule has 9 nitrogen and oxygen atoms in total. The van der Waals surface area contributed by atoms with E-state index in [4.69, 9.17) is 9.47 Å². The van der Waals surface area contributed by atoms with Gasteiger partial charge in [-0.25, -0.2) is 18.7 Å². The van der Waals surface area contributed by atoms with Crippen LogP contribution in [0.5, 0.6) is 5.75 Å². The number of carbonyl (C=O) groups excluding carboxylic acids is 1. The lowest BCUT2D eigenvalue weighted by molar-refractivity contribution is -0.143. The topological polar surface area (TPSA) is 95.3 Å². The van der Waals surface area contributed by atoms with Crippen molar-refractivity contribution in [1.29, 1.82) is 0 Å². The summed E-state index contributed by atoms with van der Waals surface area (Å²) in [5, 5.41) is 8.23. The van der Waals surface area contributed by atoms with Crippen molar-refractivity contribution in [3.05, 3.63) is 53.2 Å². The highest BCUT2D eigenvalue weighted by atomic mass is 19.4. The Bertz CT molecular complexity index is 1280. The van der Waals surface area contributed by atoms with Crippen LogP contribution in [0.25, 0.3) is 11.5 Å². The first-order valence-electron chi connectivity index (χ1n) is 9.95. The predicted octanol–water partition coefficient (Wildman–Crippen LogP) is 2.64. The molecule has 2 atom stereocenters. The van der Waals surface area contributed by atoms with Crippen molar-refractivity contribution in [2.24, 2.45) is 0 Å². The smallest absolute Gasteiger partial charge is 0.436 e. The van der Waals surface area contributed by atoms with Crippen LogP contribution in [-0.4, -0.2) is 61.9 Å². The van der Waals surface area contributed by atoms with E-state index < -0.39 is 47.1 Å². The number of carbonyl (C=O) groups is 1. The number of fused-ring (bicyclic) bond motifs is 4.